The standard InChI is InChI=1S/C11H21N3/c1-5-12-6-10-7-13-9-14(10)8-11(2,3)4/h7,9,12H,5-6,8H2,1-4H3. The maximum atomic E-state index is 4.18. The number of hydrogen-bond acceptors (Lipinski definition) is 2. The lowest BCUT2D eigenvalue weighted by atomic mass is 9.97. The average Bonchev–Trinajstić information content (AvgIpc) is 2.45. The van der Waals surface area contributed by atoms with Crippen LogP contribution in [-0.2, 0) is 13.1 Å². The van der Waals surface area contributed by atoms with E-state index in [0.29, 0.717) is 5.41 Å². The van der Waals surface area contributed by atoms with Gasteiger partial charge in [-0.15, -0.1) is 0 Å². The summed E-state index contributed by atoms with van der Waals surface area (Å²) in [6, 6.07) is 0. The van der Waals surface area contributed by atoms with Crippen LogP contribution in [0.1, 0.15) is 33.4 Å². The third-order valence-corrected chi connectivity index (χ3v) is 2.00. The minimum absolute atomic E-state index is 0.307. The first kappa shape index (κ1) is 11.2. The van der Waals surface area contributed by atoms with Crippen molar-refractivity contribution in [3.05, 3.63) is 18.2 Å². The molecule has 0 aromatic carbocycles. The minimum Gasteiger partial charge on any atom is -0.333 e. The smallest absolute Gasteiger partial charge is 0.0948 e. The zero-order valence-corrected chi connectivity index (χ0v) is 9.67. The molecule has 0 saturated carbocycles. The second kappa shape index (κ2) is 4.60. The Labute approximate surface area is 86.5 Å². The van der Waals surface area contributed by atoms with Crippen molar-refractivity contribution < 1.29 is 0 Å². The maximum absolute atomic E-state index is 4.18. The first-order valence-electron chi connectivity index (χ1n) is 5.22. The largest absolute Gasteiger partial charge is 0.333 e. The van der Waals surface area contributed by atoms with Crippen molar-refractivity contribution in [2.75, 3.05) is 6.54 Å². The molecule has 14 heavy (non-hydrogen) atoms. The van der Waals surface area contributed by atoms with Gasteiger partial charge in [-0.25, -0.2) is 4.98 Å². The van der Waals surface area contributed by atoms with Crippen molar-refractivity contribution in [1.29, 1.82) is 0 Å². The van der Waals surface area contributed by atoms with E-state index in [2.05, 4.69) is 42.6 Å². The highest BCUT2D eigenvalue weighted by atomic mass is 15.1. The molecule has 80 valence electrons. The summed E-state index contributed by atoms with van der Waals surface area (Å²) in [5.41, 5.74) is 1.57. The summed E-state index contributed by atoms with van der Waals surface area (Å²) in [6.07, 6.45) is 3.85. The fraction of sp³-hybridized carbons (Fsp3) is 0.727. The summed E-state index contributed by atoms with van der Waals surface area (Å²) >= 11 is 0. The molecule has 0 saturated heterocycles. The molecule has 0 atom stereocenters. The van der Waals surface area contributed by atoms with Crippen molar-refractivity contribution in [2.45, 2.75) is 40.8 Å². The first-order valence-corrected chi connectivity index (χ1v) is 5.22. The minimum atomic E-state index is 0.307. The molecule has 0 aliphatic rings. The lowest BCUT2D eigenvalue weighted by Crippen LogP contribution is -2.20. The van der Waals surface area contributed by atoms with Crippen LogP contribution in [0.15, 0.2) is 12.5 Å². The van der Waals surface area contributed by atoms with E-state index < -0.39 is 0 Å². The molecule has 0 amide bonds. The Bertz CT molecular complexity index is 270. The summed E-state index contributed by atoms with van der Waals surface area (Å²) in [6.45, 7) is 11.8. The van der Waals surface area contributed by atoms with Gasteiger partial charge >= 0.3 is 0 Å². The van der Waals surface area contributed by atoms with Crippen LogP contribution in [-0.4, -0.2) is 16.1 Å². The number of hydrogen-bond donors (Lipinski definition) is 1. The van der Waals surface area contributed by atoms with Crippen LogP contribution < -0.4 is 5.32 Å². The van der Waals surface area contributed by atoms with Gasteiger partial charge in [-0.1, -0.05) is 27.7 Å². The van der Waals surface area contributed by atoms with Crippen molar-refractivity contribution in [3.8, 4) is 0 Å². The molecule has 0 fully saturated rings. The summed E-state index contributed by atoms with van der Waals surface area (Å²) in [7, 11) is 0. The van der Waals surface area contributed by atoms with Gasteiger partial charge in [0, 0.05) is 19.3 Å². The first-order chi connectivity index (χ1) is 6.53. The molecule has 0 bridgehead atoms. The quantitative estimate of drug-likeness (QED) is 0.796. The second-order valence-corrected chi connectivity index (χ2v) is 4.85. The van der Waals surface area contributed by atoms with Crippen LogP contribution >= 0.6 is 0 Å². The highest BCUT2D eigenvalue weighted by molar-refractivity contribution is 4.98. The van der Waals surface area contributed by atoms with Gasteiger partial charge in [0.2, 0.25) is 0 Å². The second-order valence-electron chi connectivity index (χ2n) is 4.85. The van der Waals surface area contributed by atoms with E-state index in [1.165, 1.54) is 5.69 Å². The Morgan fingerprint density at radius 3 is 2.71 bits per heavy atom. The maximum Gasteiger partial charge on any atom is 0.0948 e. The zero-order chi connectivity index (χ0) is 10.6. The molecule has 1 heterocycles. The monoisotopic (exact) mass is 195 g/mol. The van der Waals surface area contributed by atoms with Crippen LogP contribution in [0.25, 0.3) is 0 Å². The zero-order valence-electron chi connectivity index (χ0n) is 9.67. The molecule has 1 aromatic rings. The molecule has 0 aliphatic carbocycles. The molecule has 1 N–H and O–H groups in total. The molecular formula is C11H21N3. The predicted molar refractivity (Wildman–Crippen MR) is 59.1 cm³/mol. The lowest BCUT2D eigenvalue weighted by molar-refractivity contribution is 0.337. The summed E-state index contributed by atoms with van der Waals surface area (Å²) in [5.74, 6) is 0. The van der Waals surface area contributed by atoms with Gasteiger partial charge in [-0.2, -0.15) is 0 Å². The molecule has 0 aliphatic heterocycles. The summed E-state index contributed by atoms with van der Waals surface area (Å²) in [5, 5.41) is 3.32. The van der Waals surface area contributed by atoms with Crippen molar-refractivity contribution in [3.63, 3.8) is 0 Å². The van der Waals surface area contributed by atoms with Crippen LogP contribution in [0.2, 0.25) is 0 Å². The highest BCUT2D eigenvalue weighted by Gasteiger charge is 2.12. The van der Waals surface area contributed by atoms with Gasteiger partial charge in [0.05, 0.1) is 12.0 Å². The van der Waals surface area contributed by atoms with Crippen LogP contribution in [0.4, 0.5) is 0 Å². The highest BCUT2D eigenvalue weighted by Crippen LogP contribution is 2.17. The van der Waals surface area contributed by atoms with E-state index in [1.807, 2.05) is 12.5 Å². The Hall–Kier alpha value is -0.830. The van der Waals surface area contributed by atoms with Gasteiger partial charge in [-0.3, -0.25) is 0 Å². The predicted octanol–water partition coefficient (Wildman–Crippen LogP) is 2.04. The third-order valence-electron chi connectivity index (χ3n) is 2.00. The van der Waals surface area contributed by atoms with Gasteiger partial charge in [0.1, 0.15) is 0 Å². The van der Waals surface area contributed by atoms with E-state index in [1.54, 1.807) is 0 Å². The normalized spacial score (nSPS) is 12.0. The van der Waals surface area contributed by atoms with Crippen molar-refractivity contribution >= 4 is 0 Å². The SMILES string of the molecule is CCNCc1cncn1CC(C)(C)C. The van der Waals surface area contributed by atoms with E-state index in [0.717, 1.165) is 19.6 Å². The van der Waals surface area contributed by atoms with Crippen LogP contribution in [0.3, 0.4) is 0 Å². The van der Waals surface area contributed by atoms with E-state index in [-0.39, 0.29) is 0 Å². The fourth-order valence-corrected chi connectivity index (χ4v) is 1.40. The molecular weight excluding hydrogens is 174 g/mol. The Balaban J connectivity index is 2.63. The summed E-state index contributed by atoms with van der Waals surface area (Å²) < 4.78 is 2.22. The fourth-order valence-electron chi connectivity index (χ4n) is 1.40. The van der Waals surface area contributed by atoms with Gasteiger partial charge in [-0.05, 0) is 12.0 Å². The van der Waals surface area contributed by atoms with Crippen LogP contribution in [0, 0.1) is 5.41 Å². The average molecular weight is 195 g/mol. The Kier molecular flexibility index (Phi) is 3.69. The van der Waals surface area contributed by atoms with Crippen LogP contribution in [0.5, 0.6) is 0 Å². The lowest BCUT2D eigenvalue weighted by Gasteiger charge is -2.20. The molecule has 0 radical (unpaired) electrons. The number of imidazole rings is 1. The summed E-state index contributed by atoms with van der Waals surface area (Å²) in [4.78, 5) is 4.18. The molecule has 1 rings (SSSR count). The number of nitrogens with zero attached hydrogens (tertiary/aromatic N) is 2. The van der Waals surface area contributed by atoms with Gasteiger partial charge in [0.15, 0.2) is 0 Å². The van der Waals surface area contributed by atoms with Crippen molar-refractivity contribution in [1.82, 2.24) is 14.9 Å². The number of rotatable bonds is 4. The van der Waals surface area contributed by atoms with E-state index in [4.69, 9.17) is 0 Å². The van der Waals surface area contributed by atoms with E-state index >= 15 is 0 Å². The third kappa shape index (κ3) is 3.50. The Morgan fingerprint density at radius 2 is 2.14 bits per heavy atom. The Morgan fingerprint density at radius 1 is 1.43 bits per heavy atom. The molecule has 0 spiro atoms. The van der Waals surface area contributed by atoms with Gasteiger partial charge in [0.25, 0.3) is 0 Å². The topological polar surface area (TPSA) is 29.9 Å². The van der Waals surface area contributed by atoms with Gasteiger partial charge < -0.3 is 9.88 Å². The molecule has 3 heteroatoms. The van der Waals surface area contributed by atoms with Crippen molar-refractivity contribution in [2.24, 2.45) is 5.41 Å². The molecule has 0 unspecified atom stereocenters. The van der Waals surface area contributed by atoms with E-state index in [9.17, 15) is 0 Å². The number of nitrogens with one attached hydrogen (secondary N) is 1. The molecule has 3 nitrogen and oxygen atoms in total. The number of aromatic nitrogens is 2. The molecule has 1 aromatic heterocycles.